The average Bonchev–Trinajstić information content (AvgIpc) is 3.27. The van der Waals surface area contributed by atoms with E-state index < -0.39 is 22.0 Å². The number of carbonyl (C=O) groups excluding carboxylic acids is 1. The zero-order valence-corrected chi connectivity index (χ0v) is 19.9. The second-order valence-electron chi connectivity index (χ2n) is 8.26. The third-order valence-corrected chi connectivity index (χ3v) is 6.85. The van der Waals surface area contributed by atoms with Crippen LogP contribution in [0.1, 0.15) is 22.8 Å². The first-order chi connectivity index (χ1) is 16.7. The van der Waals surface area contributed by atoms with Crippen LogP contribution in [0, 0.1) is 11.3 Å². The fourth-order valence-electron chi connectivity index (χ4n) is 4.17. The molecular formula is C25H26N4O5S. The predicted octanol–water partition coefficient (Wildman–Crippen LogP) is 2.56. The molecule has 1 fully saturated rings. The molecule has 4 rings (SSSR count). The van der Waals surface area contributed by atoms with Gasteiger partial charge in [0, 0.05) is 24.2 Å². The lowest BCUT2D eigenvalue weighted by Crippen LogP contribution is -2.24. The Morgan fingerprint density at radius 3 is 2.49 bits per heavy atom. The number of ether oxygens (including phenoxy) is 1. The SMILES string of the molecule is COC(=O)C1CN(Cc2ccc(-c3ccccc3S(N)(=O)=O)cc2)OC1c1cccc(C(=N)N)c1. The Labute approximate surface area is 203 Å². The van der Waals surface area contributed by atoms with Gasteiger partial charge >= 0.3 is 5.97 Å². The van der Waals surface area contributed by atoms with Crippen molar-refractivity contribution in [3.8, 4) is 11.1 Å². The second kappa shape index (κ2) is 9.96. The Balaban J connectivity index is 1.55. The van der Waals surface area contributed by atoms with Crippen molar-refractivity contribution >= 4 is 21.8 Å². The van der Waals surface area contributed by atoms with Crippen LogP contribution in [0.2, 0.25) is 0 Å². The summed E-state index contributed by atoms with van der Waals surface area (Å²) in [6.45, 7) is 0.713. The summed E-state index contributed by atoms with van der Waals surface area (Å²) in [6.07, 6.45) is -0.581. The number of nitrogens with two attached hydrogens (primary N) is 2. The van der Waals surface area contributed by atoms with Crippen LogP contribution in [0.25, 0.3) is 11.1 Å². The van der Waals surface area contributed by atoms with Gasteiger partial charge in [0.25, 0.3) is 0 Å². The zero-order chi connectivity index (χ0) is 25.2. The number of esters is 1. The largest absolute Gasteiger partial charge is 0.469 e. The van der Waals surface area contributed by atoms with E-state index in [1.54, 1.807) is 41.5 Å². The lowest BCUT2D eigenvalue weighted by Gasteiger charge is -2.18. The molecule has 3 aromatic rings. The van der Waals surface area contributed by atoms with E-state index in [1.807, 2.05) is 30.3 Å². The molecular weight excluding hydrogens is 468 g/mol. The van der Waals surface area contributed by atoms with Crippen molar-refractivity contribution in [2.45, 2.75) is 17.5 Å². The molecule has 2 unspecified atom stereocenters. The van der Waals surface area contributed by atoms with Crippen LogP contribution < -0.4 is 10.9 Å². The predicted molar refractivity (Wildman–Crippen MR) is 130 cm³/mol. The lowest BCUT2D eigenvalue weighted by molar-refractivity contribution is -0.161. The third-order valence-electron chi connectivity index (χ3n) is 5.88. The first-order valence-electron chi connectivity index (χ1n) is 10.8. The van der Waals surface area contributed by atoms with Crippen LogP contribution in [0.3, 0.4) is 0 Å². The molecule has 0 aliphatic carbocycles. The van der Waals surface area contributed by atoms with Gasteiger partial charge in [0.15, 0.2) is 0 Å². The van der Waals surface area contributed by atoms with Gasteiger partial charge in [-0.3, -0.25) is 15.0 Å². The van der Waals surface area contributed by atoms with E-state index in [1.165, 1.54) is 13.2 Å². The number of hydrogen-bond acceptors (Lipinski definition) is 7. The second-order valence-corrected chi connectivity index (χ2v) is 9.79. The lowest BCUT2D eigenvalue weighted by atomic mass is 9.95. The van der Waals surface area contributed by atoms with Gasteiger partial charge in [-0.1, -0.05) is 60.7 Å². The Morgan fingerprint density at radius 2 is 1.83 bits per heavy atom. The van der Waals surface area contributed by atoms with Crippen molar-refractivity contribution in [2.75, 3.05) is 13.7 Å². The molecule has 182 valence electrons. The average molecular weight is 495 g/mol. The third kappa shape index (κ3) is 5.41. The first kappa shape index (κ1) is 24.6. The monoisotopic (exact) mass is 494 g/mol. The number of nitrogen functional groups attached to an aromatic ring is 1. The van der Waals surface area contributed by atoms with Crippen molar-refractivity contribution in [3.05, 3.63) is 89.5 Å². The number of rotatable bonds is 7. The molecule has 0 radical (unpaired) electrons. The summed E-state index contributed by atoms with van der Waals surface area (Å²) in [5, 5.41) is 14.7. The molecule has 3 aromatic carbocycles. The maximum Gasteiger partial charge on any atom is 0.313 e. The fourth-order valence-corrected chi connectivity index (χ4v) is 4.93. The van der Waals surface area contributed by atoms with Crippen molar-refractivity contribution in [2.24, 2.45) is 16.8 Å². The number of hydroxylamine groups is 2. The Morgan fingerprint density at radius 1 is 1.11 bits per heavy atom. The van der Waals surface area contributed by atoms with Crippen LogP contribution in [-0.2, 0) is 30.9 Å². The van der Waals surface area contributed by atoms with Gasteiger partial charge < -0.3 is 10.5 Å². The van der Waals surface area contributed by atoms with Gasteiger partial charge in [0.1, 0.15) is 17.9 Å². The summed E-state index contributed by atoms with van der Waals surface area (Å²) in [5.74, 6) is -1.01. The quantitative estimate of drug-likeness (QED) is 0.260. The fraction of sp³-hybridized carbons (Fsp3) is 0.200. The maximum absolute atomic E-state index is 12.5. The molecule has 0 aromatic heterocycles. The summed E-state index contributed by atoms with van der Waals surface area (Å²) in [7, 11) is -2.52. The molecule has 0 spiro atoms. The van der Waals surface area contributed by atoms with E-state index in [-0.39, 0.29) is 16.7 Å². The van der Waals surface area contributed by atoms with Gasteiger partial charge in [-0.05, 0) is 28.8 Å². The van der Waals surface area contributed by atoms with Crippen molar-refractivity contribution in [1.82, 2.24) is 5.06 Å². The van der Waals surface area contributed by atoms with E-state index >= 15 is 0 Å². The molecule has 9 nitrogen and oxygen atoms in total. The highest BCUT2D eigenvalue weighted by Gasteiger charge is 2.41. The molecule has 5 N–H and O–H groups in total. The van der Waals surface area contributed by atoms with Gasteiger partial charge in [-0.25, -0.2) is 13.6 Å². The van der Waals surface area contributed by atoms with E-state index in [0.717, 1.165) is 11.1 Å². The minimum atomic E-state index is -3.86. The minimum Gasteiger partial charge on any atom is -0.469 e. The molecule has 35 heavy (non-hydrogen) atoms. The number of carbonyl (C=O) groups is 1. The highest BCUT2D eigenvalue weighted by molar-refractivity contribution is 7.89. The molecule has 0 saturated carbocycles. The Hall–Kier alpha value is -3.57. The number of methoxy groups -OCH3 is 1. The number of benzene rings is 3. The molecule has 1 aliphatic rings. The number of amidine groups is 1. The van der Waals surface area contributed by atoms with Gasteiger partial charge in [0.05, 0.1) is 12.0 Å². The van der Waals surface area contributed by atoms with Crippen LogP contribution >= 0.6 is 0 Å². The summed E-state index contributed by atoms with van der Waals surface area (Å²) in [6, 6.07) is 21.0. The van der Waals surface area contributed by atoms with E-state index in [4.69, 9.17) is 25.9 Å². The number of sulfonamides is 1. The molecule has 1 heterocycles. The summed E-state index contributed by atoms with van der Waals surface area (Å²) in [4.78, 5) is 18.7. The number of hydrogen-bond donors (Lipinski definition) is 3. The standard InChI is InChI=1S/C25H26N4O5S/c1-33-25(30)21-15-29(34-23(21)18-5-4-6-19(13-18)24(26)27)14-16-9-11-17(12-10-16)20-7-2-3-8-22(20)35(28,31)32/h2-13,21,23H,14-15H2,1H3,(H3,26,27)(H2,28,31,32). The van der Waals surface area contributed by atoms with Gasteiger partial charge in [-0.2, -0.15) is 5.06 Å². The van der Waals surface area contributed by atoms with Crippen molar-refractivity contribution in [3.63, 3.8) is 0 Å². The minimum absolute atomic E-state index is 0.0622. The highest BCUT2D eigenvalue weighted by atomic mass is 32.2. The normalized spacial score (nSPS) is 18.3. The molecule has 10 heteroatoms. The Bertz CT molecular complexity index is 1360. The number of primary sulfonamides is 1. The number of nitrogens with zero attached hydrogens (tertiary/aromatic N) is 1. The maximum atomic E-state index is 12.5. The van der Waals surface area contributed by atoms with Gasteiger partial charge in [-0.15, -0.1) is 0 Å². The molecule has 1 saturated heterocycles. The van der Waals surface area contributed by atoms with Crippen molar-refractivity contribution < 1.29 is 22.8 Å². The van der Waals surface area contributed by atoms with Crippen LogP contribution in [0.5, 0.6) is 0 Å². The highest BCUT2D eigenvalue weighted by Crippen LogP contribution is 2.36. The van der Waals surface area contributed by atoms with E-state index in [0.29, 0.717) is 29.8 Å². The molecule has 0 amide bonds. The van der Waals surface area contributed by atoms with E-state index in [2.05, 4.69) is 0 Å². The summed E-state index contributed by atoms with van der Waals surface area (Å²) >= 11 is 0. The smallest absolute Gasteiger partial charge is 0.313 e. The van der Waals surface area contributed by atoms with Crippen LogP contribution in [-0.4, -0.2) is 38.9 Å². The van der Waals surface area contributed by atoms with Crippen LogP contribution in [0.15, 0.2) is 77.7 Å². The van der Waals surface area contributed by atoms with E-state index in [9.17, 15) is 13.2 Å². The summed E-state index contributed by atoms with van der Waals surface area (Å²) in [5.41, 5.74) is 9.04. The van der Waals surface area contributed by atoms with Crippen molar-refractivity contribution in [1.29, 1.82) is 5.41 Å². The number of nitrogens with one attached hydrogen (secondary N) is 1. The Kier molecular flexibility index (Phi) is 6.99. The summed E-state index contributed by atoms with van der Waals surface area (Å²) < 4.78 is 28.9. The van der Waals surface area contributed by atoms with Gasteiger partial charge in [0.2, 0.25) is 10.0 Å². The first-order valence-corrected chi connectivity index (χ1v) is 12.4. The topological polar surface area (TPSA) is 149 Å². The molecule has 2 atom stereocenters. The molecule has 1 aliphatic heterocycles. The zero-order valence-electron chi connectivity index (χ0n) is 19.0. The van der Waals surface area contributed by atoms with Crippen LogP contribution in [0.4, 0.5) is 0 Å². The molecule has 0 bridgehead atoms.